The quantitative estimate of drug-likeness (QED) is 0.798. The normalized spacial score (nSPS) is 12.7. The van der Waals surface area contributed by atoms with Gasteiger partial charge in [-0.25, -0.2) is 8.78 Å². The molecule has 0 spiro atoms. The van der Waals surface area contributed by atoms with E-state index in [1.165, 1.54) is 6.92 Å². The first-order valence-electron chi connectivity index (χ1n) is 4.08. The Morgan fingerprint density at radius 1 is 1.33 bits per heavy atom. The van der Waals surface area contributed by atoms with E-state index in [1.807, 2.05) is 0 Å². The third kappa shape index (κ3) is 2.68. The summed E-state index contributed by atoms with van der Waals surface area (Å²) in [7, 11) is 0. The number of hydrogen-bond acceptors (Lipinski definition) is 1. The van der Waals surface area contributed by atoms with Gasteiger partial charge in [-0.05, 0) is 24.6 Å². The van der Waals surface area contributed by atoms with Crippen LogP contribution in [0.5, 0.6) is 0 Å². The lowest BCUT2D eigenvalue weighted by Crippen LogP contribution is -1.94. The standard InChI is InChI=1S/C10H8Cl2F2O/c1-5(4-15)10(12)6-2-9(14)7(11)3-8(6)13/h2-3,15H,4H2,1H3/b10-5+. The Morgan fingerprint density at radius 3 is 2.47 bits per heavy atom. The number of halogens is 4. The molecule has 0 aliphatic carbocycles. The molecular weight excluding hydrogens is 245 g/mol. The van der Waals surface area contributed by atoms with Crippen molar-refractivity contribution >= 4 is 28.2 Å². The molecule has 0 amide bonds. The maximum atomic E-state index is 13.3. The van der Waals surface area contributed by atoms with Crippen molar-refractivity contribution in [1.82, 2.24) is 0 Å². The second-order valence-electron chi connectivity index (χ2n) is 3.00. The van der Waals surface area contributed by atoms with Crippen LogP contribution in [0.15, 0.2) is 17.7 Å². The highest BCUT2D eigenvalue weighted by Crippen LogP contribution is 2.28. The summed E-state index contributed by atoms with van der Waals surface area (Å²) in [5.41, 5.74) is 0.252. The molecule has 0 aromatic heterocycles. The van der Waals surface area contributed by atoms with Crippen LogP contribution in [0.25, 0.3) is 5.03 Å². The van der Waals surface area contributed by atoms with Gasteiger partial charge in [-0.3, -0.25) is 0 Å². The van der Waals surface area contributed by atoms with Crippen molar-refractivity contribution in [3.63, 3.8) is 0 Å². The lowest BCUT2D eigenvalue weighted by Gasteiger charge is -2.06. The van der Waals surface area contributed by atoms with Crippen LogP contribution < -0.4 is 0 Å². The highest BCUT2D eigenvalue weighted by atomic mass is 35.5. The summed E-state index contributed by atoms with van der Waals surface area (Å²) in [6.07, 6.45) is 0. The first-order chi connectivity index (χ1) is 6.97. The van der Waals surface area contributed by atoms with Crippen molar-refractivity contribution in [2.24, 2.45) is 0 Å². The van der Waals surface area contributed by atoms with Gasteiger partial charge in [0.05, 0.1) is 16.7 Å². The Kier molecular flexibility index (Phi) is 4.08. The Balaban J connectivity index is 3.33. The lowest BCUT2D eigenvalue weighted by atomic mass is 10.1. The molecule has 0 radical (unpaired) electrons. The van der Waals surface area contributed by atoms with Gasteiger partial charge in [0.25, 0.3) is 0 Å². The third-order valence-corrected chi connectivity index (χ3v) is 2.67. The molecule has 0 bridgehead atoms. The lowest BCUT2D eigenvalue weighted by molar-refractivity contribution is 0.332. The van der Waals surface area contributed by atoms with Crippen molar-refractivity contribution in [3.05, 3.63) is 39.9 Å². The molecule has 0 aliphatic heterocycles. The van der Waals surface area contributed by atoms with Crippen LogP contribution in [0.1, 0.15) is 12.5 Å². The molecule has 0 heterocycles. The minimum Gasteiger partial charge on any atom is -0.392 e. The van der Waals surface area contributed by atoms with E-state index in [0.29, 0.717) is 5.57 Å². The Labute approximate surface area is 95.9 Å². The highest BCUT2D eigenvalue weighted by molar-refractivity contribution is 6.49. The average Bonchev–Trinajstić information content (AvgIpc) is 2.21. The molecule has 1 nitrogen and oxygen atoms in total. The van der Waals surface area contributed by atoms with Gasteiger partial charge in [-0.2, -0.15) is 0 Å². The predicted octanol–water partition coefficient (Wildman–Crippen LogP) is 3.58. The summed E-state index contributed by atoms with van der Waals surface area (Å²) in [5.74, 6) is -1.48. The molecule has 0 saturated heterocycles. The molecule has 0 saturated carbocycles. The van der Waals surface area contributed by atoms with Gasteiger partial charge < -0.3 is 5.11 Å². The molecular formula is C10H8Cl2F2O. The van der Waals surface area contributed by atoms with E-state index < -0.39 is 11.6 Å². The van der Waals surface area contributed by atoms with E-state index in [1.54, 1.807) is 0 Å². The molecule has 0 aliphatic rings. The van der Waals surface area contributed by atoms with Crippen molar-refractivity contribution < 1.29 is 13.9 Å². The minimum atomic E-state index is -0.753. The second-order valence-corrected chi connectivity index (χ2v) is 3.78. The molecule has 1 N–H and O–H groups in total. The number of aliphatic hydroxyl groups is 1. The van der Waals surface area contributed by atoms with Gasteiger partial charge in [0.15, 0.2) is 0 Å². The maximum Gasteiger partial charge on any atom is 0.142 e. The Morgan fingerprint density at radius 2 is 1.93 bits per heavy atom. The fraction of sp³-hybridized carbons (Fsp3) is 0.200. The molecule has 1 rings (SSSR count). The zero-order valence-corrected chi connectivity index (χ0v) is 9.33. The van der Waals surface area contributed by atoms with E-state index >= 15 is 0 Å². The molecule has 15 heavy (non-hydrogen) atoms. The van der Waals surface area contributed by atoms with Crippen LogP contribution in [0.3, 0.4) is 0 Å². The van der Waals surface area contributed by atoms with E-state index in [2.05, 4.69) is 0 Å². The zero-order chi connectivity index (χ0) is 11.6. The summed E-state index contributed by atoms with van der Waals surface area (Å²) >= 11 is 11.1. The van der Waals surface area contributed by atoms with Gasteiger partial charge in [0, 0.05) is 5.56 Å². The van der Waals surface area contributed by atoms with Crippen LogP contribution in [-0.2, 0) is 0 Å². The van der Waals surface area contributed by atoms with Crippen LogP contribution in [0, 0.1) is 11.6 Å². The largest absolute Gasteiger partial charge is 0.392 e. The first kappa shape index (κ1) is 12.4. The van der Waals surface area contributed by atoms with Crippen molar-refractivity contribution in [2.45, 2.75) is 6.92 Å². The third-order valence-electron chi connectivity index (χ3n) is 1.86. The van der Waals surface area contributed by atoms with Gasteiger partial charge in [0.2, 0.25) is 0 Å². The van der Waals surface area contributed by atoms with Gasteiger partial charge in [0.1, 0.15) is 11.6 Å². The maximum absolute atomic E-state index is 13.3. The summed E-state index contributed by atoms with van der Waals surface area (Å²) in [4.78, 5) is 0. The SMILES string of the molecule is C/C(CO)=C(\Cl)c1cc(F)c(Cl)cc1F. The van der Waals surface area contributed by atoms with Crippen LogP contribution in [0.4, 0.5) is 8.78 Å². The predicted molar refractivity (Wildman–Crippen MR) is 56.9 cm³/mol. The van der Waals surface area contributed by atoms with E-state index in [4.69, 9.17) is 28.3 Å². The second kappa shape index (κ2) is 4.92. The van der Waals surface area contributed by atoms with Crippen LogP contribution in [0.2, 0.25) is 5.02 Å². The number of hydrogen-bond donors (Lipinski definition) is 1. The Hall–Kier alpha value is -0.640. The molecule has 0 atom stereocenters. The highest BCUT2D eigenvalue weighted by Gasteiger charge is 2.12. The minimum absolute atomic E-state index is 0.00873. The molecule has 5 heteroatoms. The number of benzene rings is 1. The summed E-state index contributed by atoms with van der Waals surface area (Å²) in [6, 6.07) is 1.75. The van der Waals surface area contributed by atoms with Gasteiger partial charge in [-0.15, -0.1) is 0 Å². The molecule has 1 aromatic carbocycles. The fourth-order valence-electron chi connectivity index (χ4n) is 0.990. The molecule has 1 aromatic rings. The molecule has 0 fully saturated rings. The summed E-state index contributed by atoms with van der Waals surface area (Å²) in [6.45, 7) is 1.21. The molecule has 0 unspecified atom stereocenters. The monoisotopic (exact) mass is 252 g/mol. The Bertz CT molecular complexity index is 416. The molecule has 82 valence electrons. The number of rotatable bonds is 2. The fourth-order valence-corrected chi connectivity index (χ4v) is 1.35. The first-order valence-corrected chi connectivity index (χ1v) is 4.84. The van der Waals surface area contributed by atoms with Crippen molar-refractivity contribution in [3.8, 4) is 0 Å². The van der Waals surface area contributed by atoms with E-state index in [9.17, 15) is 8.78 Å². The van der Waals surface area contributed by atoms with Gasteiger partial charge in [-0.1, -0.05) is 23.2 Å². The number of aliphatic hydroxyl groups excluding tert-OH is 1. The van der Waals surface area contributed by atoms with E-state index in [0.717, 1.165) is 12.1 Å². The van der Waals surface area contributed by atoms with Crippen molar-refractivity contribution in [2.75, 3.05) is 6.61 Å². The van der Waals surface area contributed by atoms with Crippen LogP contribution in [-0.4, -0.2) is 11.7 Å². The summed E-state index contributed by atoms with van der Waals surface area (Å²) in [5, 5.41) is 8.48. The zero-order valence-electron chi connectivity index (χ0n) is 7.82. The van der Waals surface area contributed by atoms with Crippen molar-refractivity contribution in [1.29, 1.82) is 0 Å². The van der Waals surface area contributed by atoms with Crippen LogP contribution >= 0.6 is 23.2 Å². The summed E-state index contributed by atoms with van der Waals surface area (Å²) < 4.78 is 26.4. The van der Waals surface area contributed by atoms with E-state index in [-0.39, 0.29) is 22.2 Å². The topological polar surface area (TPSA) is 20.2 Å². The van der Waals surface area contributed by atoms with Gasteiger partial charge >= 0.3 is 0 Å². The average molecular weight is 253 g/mol. The smallest absolute Gasteiger partial charge is 0.142 e.